The molecule has 21 heavy (non-hydrogen) atoms. The quantitative estimate of drug-likeness (QED) is 0.928. The number of halogens is 1. The van der Waals surface area contributed by atoms with Crippen molar-refractivity contribution in [3.05, 3.63) is 28.8 Å². The van der Waals surface area contributed by atoms with E-state index >= 15 is 0 Å². The van der Waals surface area contributed by atoms with Crippen LogP contribution in [0.4, 0.5) is 0 Å². The zero-order chi connectivity index (χ0) is 15.0. The number of rotatable bonds is 3. The van der Waals surface area contributed by atoms with Gasteiger partial charge in [0.15, 0.2) is 0 Å². The maximum absolute atomic E-state index is 12.9. The van der Waals surface area contributed by atoms with E-state index in [4.69, 9.17) is 17.3 Å². The number of hydrogen-bond donors (Lipinski definition) is 1. The lowest BCUT2D eigenvalue weighted by Crippen LogP contribution is -2.46. The van der Waals surface area contributed by atoms with Crippen LogP contribution in [-0.4, -0.2) is 25.3 Å². The minimum atomic E-state index is -3.46. The third-order valence-electron chi connectivity index (χ3n) is 4.79. The van der Waals surface area contributed by atoms with Gasteiger partial charge < -0.3 is 5.73 Å². The van der Waals surface area contributed by atoms with Crippen molar-refractivity contribution in [3.8, 4) is 0 Å². The zero-order valence-electron chi connectivity index (χ0n) is 12.0. The first-order chi connectivity index (χ1) is 10.0. The Morgan fingerprint density at radius 2 is 2.00 bits per heavy atom. The summed E-state index contributed by atoms with van der Waals surface area (Å²) in [5.41, 5.74) is 6.35. The van der Waals surface area contributed by atoms with Gasteiger partial charge in [0.2, 0.25) is 10.0 Å². The summed E-state index contributed by atoms with van der Waals surface area (Å²) >= 11 is 6.12. The Bertz CT molecular complexity index is 633. The van der Waals surface area contributed by atoms with Gasteiger partial charge in [-0.15, -0.1) is 0 Å². The molecule has 2 N–H and O–H groups in total. The second-order valence-electron chi connectivity index (χ2n) is 5.97. The van der Waals surface area contributed by atoms with E-state index < -0.39 is 10.0 Å². The van der Waals surface area contributed by atoms with E-state index in [0.717, 1.165) is 37.7 Å². The molecule has 1 aromatic rings. The molecule has 2 unspecified atom stereocenters. The zero-order valence-corrected chi connectivity index (χ0v) is 13.5. The maximum atomic E-state index is 12.9. The summed E-state index contributed by atoms with van der Waals surface area (Å²) in [7, 11) is -3.46. The van der Waals surface area contributed by atoms with Crippen LogP contribution < -0.4 is 5.73 Å². The summed E-state index contributed by atoms with van der Waals surface area (Å²) < 4.78 is 27.5. The van der Waals surface area contributed by atoms with Gasteiger partial charge in [-0.3, -0.25) is 0 Å². The highest BCUT2D eigenvalue weighted by atomic mass is 35.5. The van der Waals surface area contributed by atoms with E-state index in [1.54, 1.807) is 16.4 Å². The summed E-state index contributed by atoms with van der Waals surface area (Å²) in [6, 6.07) is 5.06. The first-order valence-electron chi connectivity index (χ1n) is 7.54. The Hall–Kier alpha value is -0.620. The lowest BCUT2D eigenvalue weighted by atomic mass is 9.94. The van der Waals surface area contributed by atoms with Crippen molar-refractivity contribution in [1.82, 2.24) is 4.31 Å². The lowest BCUT2D eigenvalue weighted by Gasteiger charge is -2.36. The molecule has 1 saturated carbocycles. The standard InChI is InChI=1S/C15H21ClN2O2S/c16-14-9-13(7-6-12(14)10-17)21(19,20)18-8-2-4-11-3-1-5-15(11)18/h6-7,9,11,15H,1-5,8,10,17H2. The van der Waals surface area contributed by atoms with Gasteiger partial charge in [0.1, 0.15) is 0 Å². The maximum Gasteiger partial charge on any atom is 0.243 e. The van der Waals surface area contributed by atoms with Gasteiger partial charge in [-0.2, -0.15) is 4.31 Å². The predicted octanol–water partition coefficient (Wildman–Crippen LogP) is 2.75. The second kappa shape index (κ2) is 5.88. The minimum Gasteiger partial charge on any atom is -0.326 e. The Morgan fingerprint density at radius 3 is 2.71 bits per heavy atom. The molecule has 0 aromatic heterocycles. The van der Waals surface area contributed by atoms with E-state index in [2.05, 4.69) is 0 Å². The molecule has 0 radical (unpaired) electrons. The van der Waals surface area contributed by atoms with Gasteiger partial charge in [-0.05, 0) is 49.3 Å². The van der Waals surface area contributed by atoms with Crippen molar-refractivity contribution >= 4 is 21.6 Å². The molecule has 2 atom stereocenters. The smallest absolute Gasteiger partial charge is 0.243 e. The fraction of sp³-hybridized carbons (Fsp3) is 0.600. The van der Waals surface area contributed by atoms with Crippen LogP contribution in [-0.2, 0) is 16.6 Å². The van der Waals surface area contributed by atoms with Crippen LogP contribution in [0, 0.1) is 5.92 Å². The Labute approximate surface area is 131 Å². The molecule has 1 heterocycles. The predicted molar refractivity (Wildman–Crippen MR) is 83.6 cm³/mol. The number of fused-ring (bicyclic) bond motifs is 1. The highest BCUT2D eigenvalue weighted by Gasteiger charge is 2.41. The molecular formula is C15H21ClN2O2S. The number of piperidine rings is 1. The van der Waals surface area contributed by atoms with Crippen LogP contribution in [0.15, 0.2) is 23.1 Å². The molecule has 0 bridgehead atoms. The van der Waals surface area contributed by atoms with Crippen molar-refractivity contribution in [2.24, 2.45) is 11.7 Å². The SMILES string of the molecule is NCc1ccc(S(=O)(=O)N2CCCC3CCCC32)cc1Cl. The number of nitrogens with zero attached hydrogens (tertiary/aromatic N) is 1. The van der Waals surface area contributed by atoms with Crippen molar-refractivity contribution in [2.75, 3.05) is 6.54 Å². The molecule has 0 amide bonds. The average Bonchev–Trinajstić information content (AvgIpc) is 2.95. The van der Waals surface area contributed by atoms with Crippen LogP contribution in [0.3, 0.4) is 0 Å². The van der Waals surface area contributed by atoms with Crippen molar-refractivity contribution in [1.29, 1.82) is 0 Å². The molecule has 6 heteroatoms. The van der Waals surface area contributed by atoms with E-state index in [9.17, 15) is 8.42 Å². The van der Waals surface area contributed by atoms with Gasteiger partial charge in [0, 0.05) is 24.2 Å². The highest BCUT2D eigenvalue weighted by molar-refractivity contribution is 7.89. The largest absolute Gasteiger partial charge is 0.326 e. The highest BCUT2D eigenvalue weighted by Crippen LogP contribution is 2.39. The van der Waals surface area contributed by atoms with Gasteiger partial charge in [0.25, 0.3) is 0 Å². The Morgan fingerprint density at radius 1 is 1.24 bits per heavy atom. The monoisotopic (exact) mass is 328 g/mol. The van der Waals surface area contributed by atoms with Crippen LogP contribution >= 0.6 is 11.6 Å². The molecule has 1 aliphatic carbocycles. The van der Waals surface area contributed by atoms with Crippen LogP contribution in [0.5, 0.6) is 0 Å². The molecule has 4 nitrogen and oxygen atoms in total. The average molecular weight is 329 g/mol. The van der Waals surface area contributed by atoms with Gasteiger partial charge in [-0.25, -0.2) is 8.42 Å². The summed E-state index contributed by atoms with van der Waals surface area (Å²) in [4.78, 5) is 0.289. The molecule has 1 saturated heterocycles. The van der Waals surface area contributed by atoms with E-state index in [0.29, 0.717) is 24.0 Å². The number of sulfonamides is 1. The van der Waals surface area contributed by atoms with Crippen LogP contribution in [0.1, 0.15) is 37.7 Å². The van der Waals surface area contributed by atoms with Crippen LogP contribution in [0.25, 0.3) is 0 Å². The normalized spacial score (nSPS) is 26.8. The van der Waals surface area contributed by atoms with E-state index in [-0.39, 0.29) is 10.9 Å². The first kappa shape index (κ1) is 15.3. The summed E-state index contributed by atoms with van der Waals surface area (Å²) in [5, 5.41) is 0.429. The van der Waals surface area contributed by atoms with Crippen molar-refractivity contribution in [2.45, 2.75) is 49.6 Å². The minimum absolute atomic E-state index is 0.178. The fourth-order valence-corrected chi connectivity index (χ4v) is 5.80. The van der Waals surface area contributed by atoms with E-state index in [1.807, 2.05) is 0 Å². The molecule has 0 spiro atoms. The molecule has 2 aliphatic rings. The second-order valence-corrected chi connectivity index (χ2v) is 8.27. The third kappa shape index (κ3) is 2.72. The number of benzene rings is 1. The fourth-order valence-electron chi connectivity index (χ4n) is 3.70. The summed E-state index contributed by atoms with van der Waals surface area (Å²) in [6.45, 7) is 0.938. The van der Waals surface area contributed by atoms with Crippen molar-refractivity contribution < 1.29 is 8.42 Å². The summed E-state index contributed by atoms with van der Waals surface area (Å²) in [5.74, 6) is 0.535. The van der Waals surface area contributed by atoms with Crippen molar-refractivity contribution in [3.63, 3.8) is 0 Å². The van der Waals surface area contributed by atoms with Gasteiger partial charge >= 0.3 is 0 Å². The molecule has 1 aliphatic heterocycles. The molecule has 3 rings (SSSR count). The van der Waals surface area contributed by atoms with Gasteiger partial charge in [0.05, 0.1) is 4.90 Å². The topological polar surface area (TPSA) is 63.4 Å². The van der Waals surface area contributed by atoms with E-state index in [1.165, 1.54) is 6.07 Å². The number of hydrogen-bond acceptors (Lipinski definition) is 3. The molecule has 1 aromatic carbocycles. The van der Waals surface area contributed by atoms with Crippen LogP contribution in [0.2, 0.25) is 5.02 Å². The van der Waals surface area contributed by atoms with Gasteiger partial charge in [-0.1, -0.05) is 24.1 Å². The Kier molecular flexibility index (Phi) is 4.28. The third-order valence-corrected chi connectivity index (χ3v) is 7.07. The molecule has 116 valence electrons. The summed E-state index contributed by atoms with van der Waals surface area (Å²) in [6.07, 6.45) is 5.38. The Balaban J connectivity index is 1.94. The number of nitrogens with two attached hydrogens (primary N) is 1. The first-order valence-corrected chi connectivity index (χ1v) is 9.36. The molecule has 2 fully saturated rings. The lowest BCUT2D eigenvalue weighted by molar-refractivity contribution is 0.202. The molecular weight excluding hydrogens is 308 g/mol.